The van der Waals surface area contributed by atoms with Crippen LogP contribution in [0.15, 0.2) is 24.3 Å². The second-order valence-electron chi connectivity index (χ2n) is 4.13. The SMILES string of the molecule is CCOC(=O)c1cccc(O[C@H]2CNC[C@@H]2O)c1. The predicted molar refractivity (Wildman–Crippen MR) is 65.7 cm³/mol. The number of ether oxygens (including phenoxy) is 2. The van der Waals surface area contributed by atoms with Crippen LogP contribution in [0.25, 0.3) is 0 Å². The minimum Gasteiger partial charge on any atom is -0.486 e. The minimum atomic E-state index is -0.517. The number of aliphatic hydroxyl groups is 1. The Hall–Kier alpha value is -1.59. The summed E-state index contributed by atoms with van der Waals surface area (Å²) in [5.74, 6) is 0.196. The van der Waals surface area contributed by atoms with Crippen molar-refractivity contribution >= 4 is 5.97 Å². The van der Waals surface area contributed by atoms with Gasteiger partial charge < -0.3 is 19.9 Å². The van der Waals surface area contributed by atoms with Crippen molar-refractivity contribution in [2.75, 3.05) is 19.7 Å². The normalized spacial score (nSPS) is 22.8. The van der Waals surface area contributed by atoms with E-state index in [4.69, 9.17) is 9.47 Å². The van der Waals surface area contributed by atoms with Crippen molar-refractivity contribution < 1.29 is 19.4 Å². The van der Waals surface area contributed by atoms with E-state index in [1.54, 1.807) is 31.2 Å². The van der Waals surface area contributed by atoms with Crippen molar-refractivity contribution in [3.8, 4) is 5.75 Å². The minimum absolute atomic E-state index is 0.276. The molecule has 1 fully saturated rings. The fourth-order valence-electron chi connectivity index (χ4n) is 1.85. The van der Waals surface area contributed by atoms with E-state index in [0.717, 1.165) is 0 Å². The molecule has 18 heavy (non-hydrogen) atoms. The Morgan fingerprint density at radius 1 is 1.50 bits per heavy atom. The molecule has 1 aromatic rings. The zero-order valence-corrected chi connectivity index (χ0v) is 10.3. The van der Waals surface area contributed by atoms with Crippen LogP contribution < -0.4 is 10.1 Å². The summed E-state index contributed by atoms with van der Waals surface area (Å²) in [6.45, 7) is 3.24. The molecule has 1 saturated heterocycles. The first kappa shape index (κ1) is 12.9. The third kappa shape index (κ3) is 3.00. The Kier molecular flexibility index (Phi) is 4.17. The number of hydrogen-bond donors (Lipinski definition) is 2. The molecule has 98 valence electrons. The van der Waals surface area contributed by atoms with Crippen molar-refractivity contribution in [3.05, 3.63) is 29.8 Å². The van der Waals surface area contributed by atoms with Crippen LogP contribution in [0.1, 0.15) is 17.3 Å². The molecule has 2 atom stereocenters. The number of carbonyl (C=O) groups is 1. The second kappa shape index (κ2) is 5.84. The van der Waals surface area contributed by atoms with Gasteiger partial charge >= 0.3 is 5.97 Å². The fraction of sp³-hybridized carbons (Fsp3) is 0.462. The van der Waals surface area contributed by atoms with E-state index in [2.05, 4.69) is 5.32 Å². The van der Waals surface area contributed by atoms with Crippen molar-refractivity contribution in [2.45, 2.75) is 19.1 Å². The summed E-state index contributed by atoms with van der Waals surface area (Å²) in [6, 6.07) is 6.79. The smallest absolute Gasteiger partial charge is 0.338 e. The van der Waals surface area contributed by atoms with Gasteiger partial charge in [0.1, 0.15) is 18.0 Å². The molecule has 0 spiro atoms. The highest BCUT2D eigenvalue weighted by molar-refractivity contribution is 5.89. The van der Waals surface area contributed by atoms with E-state index in [0.29, 0.717) is 31.0 Å². The molecule has 0 unspecified atom stereocenters. The summed E-state index contributed by atoms with van der Waals surface area (Å²) in [5, 5.41) is 12.7. The Morgan fingerprint density at radius 2 is 2.33 bits per heavy atom. The zero-order valence-electron chi connectivity index (χ0n) is 10.3. The van der Waals surface area contributed by atoms with Crippen LogP contribution in [0.3, 0.4) is 0 Å². The van der Waals surface area contributed by atoms with Crippen molar-refractivity contribution in [2.24, 2.45) is 0 Å². The number of hydrogen-bond acceptors (Lipinski definition) is 5. The van der Waals surface area contributed by atoms with Crippen molar-refractivity contribution in [1.29, 1.82) is 0 Å². The fourth-order valence-corrected chi connectivity index (χ4v) is 1.85. The van der Waals surface area contributed by atoms with E-state index >= 15 is 0 Å². The number of nitrogens with one attached hydrogen (secondary N) is 1. The van der Waals surface area contributed by atoms with Gasteiger partial charge in [-0.2, -0.15) is 0 Å². The molecule has 5 heteroatoms. The topological polar surface area (TPSA) is 67.8 Å². The van der Waals surface area contributed by atoms with Gasteiger partial charge in [0.25, 0.3) is 0 Å². The van der Waals surface area contributed by atoms with Gasteiger partial charge in [-0.05, 0) is 25.1 Å². The van der Waals surface area contributed by atoms with Crippen LogP contribution in [-0.2, 0) is 4.74 Å². The van der Waals surface area contributed by atoms with Crippen LogP contribution in [0.5, 0.6) is 5.75 Å². The van der Waals surface area contributed by atoms with E-state index < -0.39 is 6.10 Å². The number of esters is 1. The Labute approximate surface area is 106 Å². The maximum absolute atomic E-state index is 11.6. The molecular formula is C13H17NO4. The molecule has 1 aliphatic heterocycles. The summed E-state index contributed by atoms with van der Waals surface area (Å²) in [5.41, 5.74) is 0.454. The van der Waals surface area contributed by atoms with Gasteiger partial charge in [0.05, 0.1) is 12.2 Å². The van der Waals surface area contributed by atoms with Crippen molar-refractivity contribution in [1.82, 2.24) is 5.32 Å². The molecule has 0 saturated carbocycles. The lowest BCUT2D eigenvalue weighted by Gasteiger charge is -2.16. The summed E-state index contributed by atoms with van der Waals surface area (Å²) >= 11 is 0. The van der Waals surface area contributed by atoms with Gasteiger partial charge in [0.2, 0.25) is 0 Å². The Bertz CT molecular complexity index is 421. The molecule has 0 bridgehead atoms. The largest absolute Gasteiger partial charge is 0.486 e. The average molecular weight is 251 g/mol. The second-order valence-corrected chi connectivity index (χ2v) is 4.13. The van der Waals surface area contributed by atoms with E-state index in [9.17, 15) is 9.90 Å². The van der Waals surface area contributed by atoms with Crippen LogP contribution in [0.2, 0.25) is 0 Å². The molecule has 0 aliphatic carbocycles. The third-order valence-electron chi connectivity index (χ3n) is 2.76. The summed E-state index contributed by atoms with van der Waals surface area (Å²) in [4.78, 5) is 11.6. The standard InChI is InChI=1S/C13H17NO4/c1-2-17-13(16)9-4-3-5-10(6-9)18-12-8-14-7-11(12)15/h3-6,11-12,14-15H,2,7-8H2,1H3/t11-,12-/m0/s1. The number of benzene rings is 1. The third-order valence-corrected chi connectivity index (χ3v) is 2.76. The molecule has 0 radical (unpaired) electrons. The lowest BCUT2D eigenvalue weighted by atomic mass is 10.2. The van der Waals surface area contributed by atoms with Gasteiger partial charge in [-0.15, -0.1) is 0 Å². The van der Waals surface area contributed by atoms with Gasteiger partial charge in [0, 0.05) is 13.1 Å². The quantitative estimate of drug-likeness (QED) is 0.766. The van der Waals surface area contributed by atoms with Gasteiger partial charge in [-0.25, -0.2) is 4.79 Å². The maximum Gasteiger partial charge on any atom is 0.338 e. The van der Waals surface area contributed by atoms with Crippen LogP contribution in [0.4, 0.5) is 0 Å². The molecule has 0 aromatic heterocycles. The Balaban J connectivity index is 2.05. The first-order valence-electron chi connectivity index (χ1n) is 6.03. The molecule has 1 aliphatic rings. The highest BCUT2D eigenvalue weighted by atomic mass is 16.5. The van der Waals surface area contributed by atoms with Gasteiger partial charge in [0.15, 0.2) is 0 Å². The average Bonchev–Trinajstić information content (AvgIpc) is 2.76. The number of β-amino-alcohol motifs (C(OH)–C–C–N with tert-alkyl or cyclic N) is 1. The highest BCUT2D eigenvalue weighted by Gasteiger charge is 2.26. The lowest BCUT2D eigenvalue weighted by Crippen LogP contribution is -2.29. The van der Waals surface area contributed by atoms with Crippen molar-refractivity contribution in [3.63, 3.8) is 0 Å². The molecule has 0 amide bonds. The molecule has 5 nitrogen and oxygen atoms in total. The predicted octanol–water partition coefficient (Wildman–Crippen LogP) is 0.575. The molecule has 1 heterocycles. The first-order chi connectivity index (χ1) is 8.70. The monoisotopic (exact) mass is 251 g/mol. The van der Waals surface area contributed by atoms with Crippen LogP contribution >= 0.6 is 0 Å². The zero-order chi connectivity index (χ0) is 13.0. The van der Waals surface area contributed by atoms with Crippen LogP contribution in [0, 0.1) is 0 Å². The molecule has 2 N–H and O–H groups in total. The molecule has 2 rings (SSSR count). The van der Waals surface area contributed by atoms with Crippen LogP contribution in [-0.4, -0.2) is 43.0 Å². The first-order valence-corrected chi connectivity index (χ1v) is 6.03. The Morgan fingerprint density at radius 3 is 3.00 bits per heavy atom. The number of aliphatic hydroxyl groups excluding tert-OH is 1. The molecular weight excluding hydrogens is 234 g/mol. The number of carbonyl (C=O) groups excluding carboxylic acids is 1. The van der Waals surface area contributed by atoms with Gasteiger partial charge in [-0.3, -0.25) is 0 Å². The van der Waals surface area contributed by atoms with Gasteiger partial charge in [-0.1, -0.05) is 6.07 Å². The van der Waals surface area contributed by atoms with E-state index in [-0.39, 0.29) is 12.1 Å². The van der Waals surface area contributed by atoms with E-state index in [1.807, 2.05) is 0 Å². The summed E-state index contributed by atoms with van der Waals surface area (Å²) in [7, 11) is 0. The maximum atomic E-state index is 11.6. The van der Waals surface area contributed by atoms with E-state index in [1.165, 1.54) is 0 Å². The highest BCUT2D eigenvalue weighted by Crippen LogP contribution is 2.17. The lowest BCUT2D eigenvalue weighted by molar-refractivity contribution is 0.0524. The molecule has 1 aromatic carbocycles. The summed E-state index contributed by atoms with van der Waals surface area (Å²) < 4.78 is 10.6. The number of rotatable bonds is 4. The summed E-state index contributed by atoms with van der Waals surface area (Å²) in [6.07, 6.45) is -0.793.